The maximum absolute atomic E-state index is 14.7. The SMILES string of the molecule is COC1CC2CCC(C)C(O)(O2)C(=O)C(=O)N2CCCCC2C(=O)OC(C(C)CC2CCC(OC(=O)C(C)(CO)COC(=O)CCN3C(=O)C=CC3=O)C(OC)C2)CC(=O)/C(C)=C\C(C)C(O)C(OC)C(=O)C(C)CC(C)C=CC=CC=C1C. The highest BCUT2D eigenvalue weighted by Gasteiger charge is 2.53. The van der Waals surface area contributed by atoms with Crippen LogP contribution in [-0.2, 0) is 76.3 Å². The van der Waals surface area contributed by atoms with Crippen LogP contribution in [0.4, 0.5) is 0 Å². The van der Waals surface area contributed by atoms with Crippen molar-refractivity contribution in [3.05, 3.63) is 59.8 Å². The zero-order chi connectivity index (χ0) is 62.2. The van der Waals surface area contributed by atoms with Crippen molar-refractivity contribution in [2.45, 2.75) is 193 Å². The predicted octanol–water partition coefficient (Wildman–Crippen LogP) is 5.59. The van der Waals surface area contributed by atoms with Crippen molar-refractivity contribution in [3.63, 3.8) is 0 Å². The third-order valence-electron chi connectivity index (χ3n) is 17.6. The maximum atomic E-state index is 14.7. The number of piperidine rings is 1. The summed E-state index contributed by atoms with van der Waals surface area (Å²) in [5.41, 5.74) is -0.596. The molecule has 0 aromatic carbocycles. The fraction of sp³-hybridized carbons (Fsp3) is 0.698. The number of hydrogen-bond acceptors (Lipinski definition) is 19. The second-order valence-corrected chi connectivity index (χ2v) is 24.3. The number of rotatable bonds is 14. The van der Waals surface area contributed by atoms with E-state index in [-0.39, 0.29) is 62.0 Å². The zero-order valence-corrected chi connectivity index (χ0v) is 51.0. The number of carbonyl (C=O) groups excluding carboxylic acids is 9. The van der Waals surface area contributed by atoms with Crippen LogP contribution < -0.4 is 0 Å². The molecule has 4 heterocycles. The van der Waals surface area contributed by atoms with Gasteiger partial charge in [-0.15, -0.1) is 0 Å². The fourth-order valence-electron chi connectivity index (χ4n) is 11.9. The van der Waals surface area contributed by atoms with Crippen LogP contribution >= 0.6 is 0 Å². The summed E-state index contributed by atoms with van der Waals surface area (Å²) in [5, 5.41) is 34.0. The molecule has 468 valence electrons. The number of methoxy groups -OCH3 is 3. The maximum Gasteiger partial charge on any atom is 0.329 e. The number of cyclic esters (lactones) is 1. The molecule has 0 radical (unpaired) electrons. The highest BCUT2D eigenvalue weighted by atomic mass is 16.6. The number of esters is 3. The first kappa shape index (κ1) is 69.2. The number of ketones is 3. The third-order valence-corrected chi connectivity index (χ3v) is 17.6. The number of imide groups is 1. The predicted molar refractivity (Wildman–Crippen MR) is 306 cm³/mol. The van der Waals surface area contributed by atoms with E-state index >= 15 is 0 Å². The number of ether oxygens (including phenoxy) is 7. The number of nitrogens with zero attached hydrogens (tertiary/aromatic N) is 2. The Morgan fingerprint density at radius 2 is 1.56 bits per heavy atom. The zero-order valence-electron chi connectivity index (χ0n) is 51.0. The fourth-order valence-corrected chi connectivity index (χ4v) is 11.9. The number of allylic oxidation sites excluding steroid dienone is 6. The monoisotopic (exact) mass is 1180 g/mol. The molecule has 0 spiro atoms. The molecule has 1 aliphatic carbocycles. The molecule has 0 aromatic heterocycles. The molecule has 21 nitrogen and oxygen atoms in total. The van der Waals surface area contributed by atoms with Crippen molar-refractivity contribution in [1.82, 2.24) is 9.80 Å². The van der Waals surface area contributed by atoms with Crippen LogP contribution in [0.2, 0.25) is 0 Å². The number of aliphatic hydroxyl groups is 3. The summed E-state index contributed by atoms with van der Waals surface area (Å²) in [7, 11) is 4.37. The van der Waals surface area contributed by atoms with E-state index in [1.165, 1.54) is 21.1 Å². The number of Topliss-reactive ketones (excluding diaryl/α,β-unsaturated/α-hetero) is 3. The van der Waals surface area contributed by atoms with Crippen LogP contribution in [0.1, 0.15) is 139 Å². The standard InChI is InChI=1S/C63H92N2O19/c1-37-17-13-12-14-18-38(2)49(78-9)33-45-22-20-43(7)63(77,84-45)58(73)59(74)64-27-16-15-19-46(64)60(75)82-50(34-47(67)39(3)30-42(6)56(72)57(80-11)55(71)41(5)29-37)40(4)31-44-21-23-48(51(32-44)79-10)83-61(76)62(8,35-66)36-81-54(70)26-28-65-52(68)24-25-53(65)69/h12-14,17-18,24-25,30,37,40-46,48-51,56-57,66,72,77H,15-16,19-23,26-29,31-36H2,1-11H3/b14-12?,17-13?,38-18?,39-30-. The average molecular weight is 1180 g/mol. The normalized spacial score (nSPS) is 34.0. The summed E-state index contributed by atoms with van der Waals surface area (Å²) in [6.07, 6.45) is 10.6. The van der Waals surface area contributed by atoms with Gasteiger partial charge >= 0.3 is 17.9 Å². The minimum atomic E-state index is -2.50. The highest BCUT2D eigenvalue weighted by Crippen LogP contribution is 2.39. The van der Waals surface area contributed by atoms with Crippen molar-refractivity contribution < 1.29 is 91.6 Å². The molecule has 16 unspecified atom stereocenters. The van der Waals surface area contributed by atoms with Crippen molar-refractivity contribution >= 4 is 53.0 Å². The van der Waals surface area contributed by atoms with Crippen LogP contribution in [-0.4, -0.2) is 180 Å². The molecule has 3 fully saturated rings. The van der Waals surface area contributed by atoms with Crippen molar-refractivity contribution in [3.8, 4) is 0 Å². The van der Waals surface area contributed by atoms with Gasteiger partial charge in [0.25, 0.3) is 23.5 Å². The van der Waals surface area contributed by atoms with Crippen LogP contribution in [0.5, 0.6) is 0 Å². The lowest BCUT2D eigenvalue weighted by Gasteiger charge is -2.42. The molecule has 4 aliphatic heterocycles. The van der Waals surface area contributed by atoms with E-state index in [9.17, 15) is 58.5 Å². The lowest BCUT2D eigenvalue weighted by molar-refractivity contribution is -0.265. The molecule has 21 heteroatoms. The Bertz CT molecular complexity index is 2500. The van der Waals surface area contributed by atoms with Gasteiger partial charge in [-0.3, -0.25) is 43.3 Å². The Labute approximate surface area is 494 Å². The molecular formula is C63H92N2O19. The van der Waals surface area contributed by atoms with Gasteiger partial charge in [0, 0.05) is 77.2 Å². The van der Waals surface area contributed by atoms with E-state index in [1.54, 1.807) is 40.9 Å². The van der Waals surface area contributed by atoms with Gasteiger partial charge in [0.2, 0.25) is 5.79 Å². The topological polar surface area (TPSA) is 285 Å². The van der Waals surface area contributed by atoms with Gasteiger partial charge in [-0.1, -0.05) is 71.1 Å². The van der Waals surface area contributed by atoms with Crippen LogP contribution in [0.25, 0.3) is 0 Å². The molecule has 1 saturated carbocycles. The molecular weight excluding hydrogens is 1090 g/mol. The summed E-state index contributed by atoms with van der Waals surface area (Å²) >= 11 is 0. The molecule has 3 amide bonds. The summed E-state index contributed by atoms with van der Waals surface area (Å²) in [6, 6.07) is -1.25. The molecule has 5 rings (SSSR count). The highest BCUT2D eigenvalue weighted by molar-refractivity contribution is 6.39. The van der Waals surface area contributed by atoms with E-state index in [0.717, 1.165) is 27.5 Å². The first-order chi connectivity index (χ1) is 39.7. The van der Waals surface area contributed by atoms with Gasteiger partial charge in [0.15, 0.2) is 11.6 Å². The molecule has 3 N–H and O–H groups in total. The summed E-state index contributed by atoms with van der Waals surface area (Å²) < 4.78 is 41.1. The largest absolute Gasteiger partial charge is 0.464 e. The van der Waals surface area contributed by atoms with Gasteiger partial charge in [-0.25, -0.2) is 4.79 Å². The van der Waals surface area contributed by atoms with Crippen molar-refractivity contribution in [1.29, 1.82) is 0 Å². The van der Waals surface area contributed by atoms with E-state index in [1.807, 2.05) is 51.2 Å². The minimum Gasteiger partial charge on any atom is -0.464 e. The van der Waals surface area contributed by atoms with Gasteiger partial charge in [0.1, 0.15) is 36.4 Å². The summed E-state index contributed by atoms with van der Waals surface area (Å²) in [6.45, 7) is 12.3. The van der Waals surface area contributed by atoms with E-state index in [2.05, 4.69) is 0 Å². The van der Waals surface area contributed by atoms with E-state index in [0.29, 0.717) is 57.8 Å². The third kappa shape index (κ3) is 18.0. The number of fused-ring (bicyclic) bond motifs is 3. The number of amides is 3. The molecule has 84 heavy (non-hydrogen) atoms. The first-order valence-electron chi connectivity index (χ1n) is 29.7. The van der Waals surface area contributed by atoms with Crippen LogP contribution in [0.3, 0.4) is 0 Å². The first-order valence-corrected chi connectivity index (χ1v) is 29.7. The van der Waals surface area contributed by atoms with Crippen molar-refractivity contribution in [2.75, 3.05) is 47.6 Å². The molecule has 0 aromatic rings. The van der Waals surface area contributed by atoms with Gasteiger partial charge in [-0.05, 0) is 114 Å². The number of carbonyl (C=O) groups is 9. The molecule has 5 aliphatic rings. The number of hydrogen-bond donors (Lipinski definition) is 3. The van der Waals surface area contributed by atoms with Gasteiger partial charge in [-0.2, -0.15) is 0 Å². The Balaban J connectivity index is 1.38. The van der Waals surface area contributed by atoms with Crippen LogP contribution in [0, 0.1) is 40.9 Å². The Hall–Kier alpha value is -5.55. The minimum absolute atomic E-state index is 0.0126. The van der Waals surface area contributed by atoms with Gasteiger partial charge in [0.05, 0.1) is 37.4 Å². The quantitative estimate of drug-likeness (QED) is 0.0827. The lowest BCUT2D eigenvalue weighted by atomic mass is 9.78. The van der Waals surface area contributed by atoms with Crippen LogP contribution in [0.15, 0.2) is 59.8 Å². The van der Waals surface area contributed by atoms with Gasteiger partial charge < -0.3 is 53.4 Å². The number of aliphatic hydroxyl groups excluding tert-OH is 2. The van der Waals surface area contributed by atoms with Crippen molar-refractivity contribution in [2.24, 2.45) is 40.9 Å². The van der Waals surface area contributed by atoms with E-state index in [4.69, 9.17) is 33.2 Å². The molecule has 2 saturated heterocycles. The summed E-state index contributed by atoms with van der Waals surface area (Å²) in [4.78, 5) is 124. The Morgan fingerprint density at radius 1 is 0.857 bits per heavy atom. The Kier molecular flexibility index (Phi) is 26.1. The average Bonchev–Trinajstić information content (AvgIpc) is 3.14. The lowest BCUT2D eigenvalue weighted by Crippen LogP contribution is -2.61. The second-order valence-electron chi connectivity index (χ2n) is 24.3. The smallest absolute Gasteiger partial charge is 0.329 e. The Morgan fingerprint density at radius 3 is 2.21 bits per heavy atom. The van der Waals surface area contributed by atoms with E-state index < -0.39 is 144 Å². The molecule has 2 bridgehead atoms. The summed E-state index contributed by atoms with van der Waals surface area (Å²) in [5.74, 6) is -11.8. The second kappa shape index (κ2) is 31.7. The molecule has 16 atom stereocenters.